The number of halogens is 2. The molecule has 2 atom stereocenters. The van der Waals surface area contributed by atoms with Crippen LogP contribution in [-0.2, 0) is 38.6 Å². The van der Waals surface area contributed by atoms with Crippen LogP contribution >= 0.6 is 0 Å². The second-order valence-corrected chi connectivity index (χ2v) is 9.57. The molecule has 14 heteroatoms. The van der Waals surface area contributed by atoms with Gasteiger partial charge in [-0.1, -0.05) is 54.6 Å². The normalized spacial score (nSPS) is 13.1. The van der Waals surface area contributed by atoms with Crippen LogP contribution in [0.2, 0.25) is 0 Å². The van der Waals surface area contributed by atoms with E-state index < -0.39 is 57.7 Å². The molecule has 11 nitrogen and oxygen atoms in total. The SMILES string of the molecule is Cc1ccccc1S(=O)(=O)OC(=O)C(F)(F)[C@H](OOC(=O)c1ccccc1)[C@H](O)COOC(=O)c1ccccc1. The molecule has 40 heavy (non-hydrogen) atoms. The van der Waals surface area contributed by atoms with E-state index in [1.54, 1.807) is 12.1 Å². The quantitative estimate of drug-likeness (QED) is 0.191. The summed E-state index contributed by atoms with van der Waals surface area (Å²) in [5.41, 5.74) is -0.0226. The highest BCUT2D eigenvalue weighted by molar-refractivity contribution is 7.87. The Bertz CT molecular complexity index is 1430. The van der Waals surface area contributed by atoms with Crippen molar-refractivity contribution in [3.63, 3.8) is 0 Å². The van der Waals surface area contributed by atoms with Crippen LogP contribution in [0.4, 0.5) is 8.78 Å². The average Bonchev–Trinajstić information content (AvgIpc) is 2.93. The van der Waals surface area contributed by atoms with E-state index >= 15 is 8.78 Å². The van der Waals surface area contributed by atoms with Crippen molar-refractivity contribution in [3.05, 3.63) is 102 Å². The minimum Gasteiger partial charge on any atom is -0.387 e. The van der Waals surface area contributed by atoms with Gasteiger partial charge in [-0.05, 0) is 42.8 Å². The maximum Gasteiger partial charge on any atom is 0.395 e. The third kappa shape index (κ3) is 7.66. The number of aliphatic hydroxyl groups is 1. The highest BCUT2D eigenvalue weighted by Crippen LogP contribution is 2.29. The summed E-state index contributed by atoms with van der Waals surface area (Å²) < 4.78 is 59.5. The Hall–Kier alpha value is -4.24. The van der Waals surface area contributed by atoms with Crippen LogP contribution in [0.1, 0.15) is 26.3 Å². The predicted molar refractivity (Wildman–Crippen MR) is 130 cm³/mol. The number of carbonyl (C=O) groups is 3. The second-order valence-electron chi connectivity index (χ2n) is 8.06. The zero-order valence-corrected chi connectivity index (χ0v) is 21.5. The van der Waals surface area contributed by atoms with E-state index in [9.17, 15) is 27.9 Å². The van der Waals surface area contributed by atoms with Crippen LogP contribution in [0.15, 0.2) is 89.8 Å². The molecule has 0 unspecified atom stereocenters. The van der Waals surface area contributed by atoms with Crippen LogP contribution in [0.25, 0.3) is 0 Å². The standard InChI is InChI=1S/C26H22F2O11S/c1-17-10-8-9-15-21(17)40(33,34)39-25(32)26(27,28)22(36-38-24(31)19-13-6-3-7-14-19)20(29)16-35-37-23(30)18-11-4-2-5-12-18/h2-15,20,22,29H,16H2,1H3/t20-,22-/m1/s1. The van der Waals surface area contributed by atoms with Gasteiger partial charge >= 0.3 is 33.9 Å². The predicted octanol–water partition coefficient (Wildman–Crippen LogP) is 3.17. The number of rotatable bonds is 12. The first-order valence-corrected chi connectivity index (χ1v) is 12.8. The lowest BCUT2D eigenvalue weighted by Crippen LogP contribution is -2.52. The highest BCUT2D eigenvalue weighted by Gasteiger charge is 2.56. The number of carbonyl (C=O) groups excluding carboxylic acids is 3. The number of hydrogen-bond acceptors (Lipinski definition) is 11. The molecular formula is C26H22F2O11S. The maximum absolute atomic E-state index is 15.2. The van der Waals surface area contributed by atoms with Crippen molar-refractivity contribution in [2.24, 2.45) is 0 Å². The first kappa shape index (κ1) is 30.3. The number of alkyl halides is 2. The van der Waals surface area contributed by atoms with Gasteiger partial charge in [0.2, 0.25) is 6.10 Å². The Labute approximate surface area is 226 Å². The molecule has 0 aliphatic heterocycles. The molecule has 1 N–H and O–H groups in total. The van der Waals surface area contributed by atoms with Crippen LogP contribution in [-0.4, -0.2) is 56.2 Å². The molecule has 3 rings (SSSR count). The molecule has 0 radical (unpaired) electrons. The van der Waals surface area contributed by atoms with Crippen molar-refractivity contribution in [3.8, 4) is 0 Å². The summed E-state index contributed by atoms with van der Waals surface area (Å²) in [7, 11) is -5.04. The first-order chi connectivity index (χ1) is 18.9. The molecule has 212 valence electrons. The maximum atomic E-state index is 15.2. The lowest BCUT2D eigenvalue weighted by molar-refractivity contribution is -0.345. The molecule has 0 aliphatic rings. The fourth-order valence-electron chi connectivity index (χ4n) is 3.10. The fourth-order valence-corrected chi connectivity index (χ4v) is 4.21. The summed E-state index contributed by atoms with van der Waals surface area (Å²) in [5.74, 6) is -9.93. The van der Waals surface area contributed by atoms with Gasteiger partial charge in [0, 0.05) is 0 Å². The average molecular weight is 581 g/mol. The van der Waals surface area contributed by atoms with Crippen molar-refractivity contribution in [1.82, 2.24) is 0 Å². The first-order valence-electron chi connectivity index (χ1n) is 11.4. The number of aliphatic hydroxyl groups excluding tert-OH is 1. The van der Waals surface area contributed by atoms with Gasteiger partial charge in [0.05, 0.1) is 11.1 Å². The molecule has 0 bridgehead atoms. The lowest BCUT2D eigenvalue weighted by atomic mass is 10.1. The molecule has 0 saturated heterocycles. The van der Waals surface area contributed by atoms with Crippen molar-refractivity contribution in [1.29, 1.82) is 0 Å². The van der Waals surface area contributed by atoms with Crippen LogP contribution in [0.5, 0.6) is 0 Å². The summed E-state index contributed by atoms with van der Waals surface area (Å²) in [6, 6.07) is 19.4. The van der Waals surface area contributed by atoms with E-state index in [4.69, 9.17) is 0 Å². The molecule has 0 spiro atoms. The molecule has 0 amide bonds. The lowest BCUT2D eigenvalue weighted by Gasteiger charge is -2.26. The zero-order valence-electron chi connectivity index (χ0n) is 20.6. The zero-order chi connectivity index (χ0) is 29.3. The van der Waals surface area contributed by atoms with Gasteiger partial charge in [-0.25, -0.2) is 14.4 Å². The largest absolute Gasteiger partial charge is 0.395 e. The molecule has 3 aromatic rings. The van der Waals surface area contributed by atoms with E-state index in [2.05, 4.69) is 23.7 Å². The Kier molecular flexibility index (Phi) is 10.0. The Morgan fingerprint density at radius 2 is 1.32 bits per heavy atom. The number of benzene rings is 3. The van der Waals surface area contributed by atoms with E-state index in [0.717, 1.165) is 6.07 Å². The van der Waals surface area contributed by atoms with E-state index in [1.807, 2.05) is 0 Å². The van der Waals surface area contributed by atoms with Gasteiger partial charge in [-0.3, -0.25) is 9.78 Å². The minimum atomic E-state index is -5.04. The second kappa shape index (κ2) is 13.2. The molecule has 0 aliphatic carbocycles. The molecular weight excluding hydrogens is 558 g/mol. The van der Waals surface area contributed by atoms with Gasteiger partial charge in [0.15, 0.2) is 0 Å². The van der Waals surface area contributed by atoms with Crippen LogP contribution in [0, 0.1) is 6.92 Å². The summed E-state index contributed by atoms with van der Waals surface area (Å²) in [6.07, 6.45) is -5.61. The summed E-state index contributed by atoms with van der Waals surface area (Å²) in [5, 5.41) is 10.4. The van der Waals surface area contributed by atoms with Crippen molar-refractivity contribution in [2.45, 2.75) is 29.9 Å². The molecule has 3 aromatic carbocycles. The topological polar surface area (TPSA) is 152 Å². The molecule has 0 saturated carbocycles. The van der Waals surface area contributed by atoms with Crippen LogP contribution < -0.4 is 0 Å². The highest BCUT2D eigenvalue weighted by atomic mass is 32.2. The Morgan fingerprint density at radius 1 is 0.825 bits per heavy atom. The number of aryl methyl sites for hydroxylation is 1. The Balaban J connectivity index is 1.77. The van der Waals surface area contributed by atoms with E-state index in [-0.39, 0.29) is 16.7 Å². The van der Waals surface area contributed by atoms with Crippen molar-refractivity contribution in [2.75, 3.05) is 6.61 Å². The van der Waals surface area contributed by atoms with Gasteiger partial charge in [0.25, 0.3) is 0 Å². The van der Waals surface area contributed by atoms with Gasteiger partial charge in [0.1, 0.15) is 17.6 Å². The van der Waals surface area contributed by atoms with Gasteiger partial charge < -0.3 is 9.29 Å². The fraction of sp³-hybridized carbons (Fsp3) is 0.192. The summed E-state index contributed by atoms with van der Waals surface area (Å²) in [6.45, 7) is 0.116. The van der Waals surface area contributed by atoms with E-state index in [0.29, 0.717) is 0 Å². The van der Waals surface area contributed by atoms with Crippen molar-refractivity contribution >= 4 is 28.0 Å². The minimum absolute atomic E-state index is 0.0249. The smallest absolute Gasteiger partial charge is 0.387 e. The van der Waals surface area contributed by atoms with Gasteiger partial charge in [-0.2, -0.15) is 27.0 Å². The third-order valence-electron chi connectivity index (χ3n) is 5.15. The molecule has 0 heterocycles. The van der Waals surface area contributed by atoms with E-state index in [1.165, 1.54) is 73.7 Å². The molecule has 0 fully saturated rings. The number of hydrogen-bond donors (Lipinski definition) is 1. The molecule has 0 aromatic heterocycles. The summed E-state index contributed by atoms with van der Waals surface area (Å²) >= 11 is 0. The van der Waals surface area contributed by atoms with Gasteiger partial charge in [-0.15, -0.1) is 0 Å². The van der Waals surface area contributed by atoms with Crippen molar-refractivity contribution < 1.29 is 60.4 Å². The monoisotopic (exact) mass is 580 g/mol. The van der Waals surface area contributed by atoms with Crippen LogP contribution in [0.3, 0.4) is 0 Å². The summed E-state index contributed by atoms with van der Waals surface area (Å²) in [4.78, 5) is 53.8. The third-order valence-corrected chi connectivity index (χ3v) is 6.51. The Morgan fingerprint density at radius 3 is 1.88 bits per heavy atom.